The van der Waals surface area contributed by atoms with Gasteiger partial charge in [0.05, 0.1) is 5.60 Å². The maximum atomic E-state index is 9.55. The standard InChI is InChI=1S/C11H22O.C6H6/c1-11(2,12)9-8-10-6-4-3-5-7-10;1-2-4-6-5-3-1/h10,12H,3-9H2,1-2H3;1-6H. The van der Waals surface area contributed by atoms with Gasteiger partial charge in [0.1, 0.15) is 0 Å². The largest absolute Gasteiger partial charge is 0.390 e. The van der Waals surface area contributed by atoms with Gasteiger partial charge in [0.2, 0.25) is 0 Å². The summed E-state index contributed by atoms with van der Waals surface area (Å²) in [6.07, 6.45) is 9.25. The van der Waals surface area contributed by atoms with Crippen molar-refractivity contribution in [2.24, 2.45) is 5.92 Å². The van der Waals surface area contributed by atoms with Gasteiger partial charge in [-0.1, -0.05) is 68.5 Å². The molecule has 1 saturated carbocycles. The lowest BCUT2D eigenvalue weighted by Crippen LogP contribution is -2.20. The Balaban J connectivity index is 0.000000225. The van der Waals surface area contributed by atoms with E-state index in [9.17, 15) is 5.11 Å². The van der Waals surface area contributed by atoms with E-state index in [2.05, 4.69) is 0 Å². The Morgan fingerprint density at radius 1 is 0.889 bits per heavy atom. The molecule has 0 bridgehead atoms. The molecule has 0 saturated heterocycles. The van der Waals surface area contributed by atoms with E-state index in [-0.39, 0.29) is 0 Å². The predicted octanol–water partition coefficient (Wildman–Crippen LogP) is 4.80. The van der Waals surface area contributed by atoms with Gasteiger partial charge in [0, 0.05) is 0 Å². The molecule has 0 unspecified atom stereocenters. The van der Waals surface area contributed by atoms with Crippen LogP contribution < -0.4 is 0 Å². The zero-order valence-corrected chi connectivity index (χ0v) is 11.9. The fourth-order valence-electron chi connectivity index (χ4n) is 2.42. The van der Waals surface area contributed by atoms with E-state index >= 15 is 0 Å². The molecule has 1 heteroatoms. The lowest BCUT2D eigenvalue weighted by Gasteiger charge is -2.25. The molecule has 102 valence electrons. The van der Waals surface area contributed by atoms with Crippen LogP contribution in [0.2, 0.25) is 0 Å². The van der Waals surface area contributed by atoms with E-state index in [1.807, 2.05) is 50.2 Å². The Hall–Kier alpha value is -0.820. The molecule has 0 atom stereocenters. The van der Waals surface area contributed by atoms with Gasteiger partial charge >= 0.3 is 0 Å². The van der Waals surface area contributed by atoms with E-state index in [1.54, 1.807) is 0 Å². The summed E-state index contributed by atoms with van der Waals surface area (Å²) in [7, 11) is 0. The van der Waals surface area contributed by atoms with Gasteiger partial charge in [-0.2, -0.15) is 0 Å². The molecule has 1 aliphatic rings. The van der Waals surface area contributed by atoms with Crippen molar-refractivity contribution in [2.75, 3.05) is 0 Å². The fraction of sp³-hybridized carbons (Fsp3) is 0.647. The lowest BCUT2D eigenvalue weighted by molar-refractivity contribution is 0.0612. The highest BCUT2D eigenvalue weighted by atomic mass is 16.3. The van der Waals surface area contributed by atoms with E-state index in [1.165, 1.54) is 38.5 Å². The van der Waals surface area contributed by atoms with Crippen LogP contribution in [0.1, 0.15) is 58.8 Å². The molecular formula is C17H28O. The highest BCUT2D eigenvalue weighted by Gasteiger charge is 2.18. The van der Waals surface area contributed by atoms with E-state index in [0.717, 1.165) is 12.3 Å². The van der Waals surface area contributed by atoms with Crippen molar-refractivity contribution >= 4 is 0 Å². The third-order valence-corrected chi connectivity index (χ3v) is 3.56. The van der Waals surface area contributed by atoms with Crippen LogP contribution in [0.3, 0.4) is 0 Å². The zero-order valence-electron chi connectivity index (χ0n) is 11.9. The minimum absolute atomic E-state index is 0.447. The van der Waals surface area contributed by atoms with E-state index in [4.69, 9.17) is 0 Å². The van der Waals surface area contributed by atoms with Crippen molar-refractivity contribution in [3.63, 3.8) is 0 Å². The molecule has 1 nitrogen and oxygen atoms in total. The van der Waals surface area contributed by atoms with Gasteiger partial charge in [0.25, 0.3) is 0 Å². The SMILES string of the molecule is CC(C)(O)CCC1CCCCC1.c1ccccc1. The van der Waals surface area contributed by atoms with Crippen LogP contribution in [-0.4, -0.2) is 10.7 Å². The van der Waals surface area contributed by atoms with Gasteiger partial charge in [-0.05, 0) is 32.6 Å². The first-order valence-corrected chi connectivity index (χ1v) is 7.30. The quantitative estimate of drug-likeness (QED) is 0.814. The number of hydrogen-bond acceptors (Lipinski definition) is 1. The van der Waals surface area contributed by atoms with Gasteiger partial charge in [-0.3, -0.25) is 0 Å². The monoisotopic (exact) mass is 248 g/mol. The van der Waals surface area contributed by atoms with Gasteiger partial charge in [0.15, 0.2) is 0 Å². The molecule has 0 aliphatic heterocycles. The molecule has 1 aliphatic carbocycles. The summed E-state index contributed by atoms with van der Waals surface area (Å²) < 4.78 is 0. The molecule has 1 fully saturated rings. The molecule has 0 amide bonds. The van der Waals surface area contributed by atoms with Crippen LogP contribution in [0.15, 0.2) is 36.4 Å². The summed E-state index contributed by atoms with van der Waals surface area (Å²) in [5.41, 5.74) is -0.447. The molecule has 1 aromatic carbocycles. The Labute approximate surface area is 112 Å². The first-order chi connectivity index (χ1) is 8.58. The number of aliphatic hydroxyl groups is 1. The highest BCUT2D eigenvalue weighted by Crippen LogP contribution is 2.29. The summed E-state index contributed by atoms with van der Waals surface area (Å²) in [5, 5.41) is 9.55. The molecule has 1 aromatic rings. The van der Waals surface area contributed by atoms with Crippen molar-refractivity contribution in [3.8, 4) is 0 Å². The normalized spacial score (nSPS) is 16.8. The van der Waals surface area contributed by atoms with Crippen LogP contribution in [0.5, 0.6) is 0 Å². The summed E-state index contributed by atoms with van der Waals surface area (Å²) in [5.74, 6) is 0.908. The molecule has 1 N–H and O–H groups in total. The van der Waals surface area contributed by atoms with Crippen LogP contribution in [0.25, 0.3) is 0 Å². The van der Waals surface area contributed by atoms with Crippen LogP contribution in [0, 0.1) is 5.92 Å². The summed E-state index contributed by atoms with van der Waals surface area (Å²) >= 11 is 0. The highest BCUT2D eigenvalue weighted by molar-refractivity contribution is 4.99. The summed E-state index contributed by atoms with van der Waals surface area (Å²) in [6.45, 7) is 3.83. The second-order valence-corrected chi connectivity index (χ2v) is 6.01. The second kappa shape index (κ2) is 8.31. The van der Waals surface area contributed by atoms with Crippen LogP contribution in [0.4, 0.5) is 0 Å². The maximum absolute atomic E-state index is 9.55. The van der Waals surface area contributed by atoms with Crippen LogP contribution in [-0.2, 0) is 0 Å². The third kappa shape index (κ3) is 8.30. The smallest absolute Gasteiger partial charge is 0.0591 e. The average Bonchev–Trinajstić information content (AvgIpc) is 2.40. The van der Waals surface area contributed by atoms with Crippen molar-refractivity contribution in [3.05, 3.63) is 36.4 Å². The van der Waals surface area contributed by atoms with Gasteiger partial charge in [-0.15, -0.1) is 0 Å². The minimum Gasteiger partial charge on any atom is -0.390 e. The Morgan fingerprint density at radius 3 is 1.72 bits per heavy atom. The third-order valence-electron chi connectivity index (χ3n) is 3.56. The lowest BCUT2D eigenvalue weighted by atomic mass is 9.84. The van der Waals surface area contributed by atoms with Crippen molar-refractivity contribution < 1.29 is 5.11 Å². The molecular weight excluding hydrogens is 220 g/mol. The number of rotatable bonds is 3. The van der Waals surface area contributed by atoms with Crippen LogP contribution >= 0.6 is 0 Å². The van der Waals surface area contributed by atoms with Crippen molar-refractivity contribution in [1.82, 2.24) is 0 Å². The predicted molar refractivity (Wildman–Crippen MR) is 78.5 cm³/mol. The summed E-state index contributed by atoms with van der Waals surface area (Å²) in [6, 6.07) is 12.0. The molecule has 2 rings (SSSR count). The minimum atomic E-state index is -0.447. The molecule has 18 heavy (non-hydrogen) atoms. The molecule has 0 heterocycles. The first kappa shape index (κ1) is 15.2. The molecule has 0 radical (unpaired) electrons. The first-order valence-electron chi connectivity index (χ1n) is 7.30. The fourth-order valence-corrected chi connectivity index (χ4v) is 2.42. The van der Waals surface area contributed by atoms with Gasteiger partial charge in [-0.25, -0.2) is 0 Å². The maximum Gasteiger partial charge on any atom is 0.0591 e. The summed E-state index contributed by atoms with van der Waals surface area (Å²) in [4.78, 5) is 0. The Morgan fingerprint density at radius 2 is 1.33 bits per heavy atom. The van der Waals surface area contributed by atoms with E-state index in [0.29, 0.717) is 0 Å². The molecule has 0 aromatic heterocycles. The average molecular weight is 248 g/mol. The zero-order chi connectivity index (χ0) is 13.3. The topological polar surface area (TPSA) is 20.2 Å². The molecule has 0 spiro atoms. The second-order valence-electron chi connectivity index (χ2n) is 6.01. The van der Waals surface area contributed by atoms with Crippen molar-refractivity contribution in [1.29, 1.82) is 0 Å². The van der Waals surface area contributed by atoms with Crippen molar-refractivity contribution in [2.45, 2.75) is 64.4 Å². The number of hydrogen-bond donors (Lipinski definition) is 1. The Kier molecular flexibility index (Phi) is 7.04. The Bertz CT molecular complexity index is 254. The van der Waals surface area contributed by atoms with E-state index < -0.39 is 5.60 Å². The van der Waals surface area contributed by atoms with Gasteiger partial charge < -0.3 is 5.11 Å². The number of benzene rings is 1.